The highest BCUT2D eigenvalue weighted by Crippen LogP contribution is 2.43. The van der Waals surface area contributed by atoms with E-state index in [0.717, 1.165) is 5.75 Å². The van der Waals surface area contributed by atoms with E-state index in [1.807, 2.05) is 17.8 Å². The number of rotatable bonds is 5. The van der Waals surface area contributed by atoms with Crippen molar-refractivity contribution in [2.75, 3.05) is 7.11 Å². The Morgan fingerprint density at radius 2 is 1.62 bits per heavy atom. The fraction of sp³-hybridized carbons (Fsp3) is 0.368. The van der Waals surface area contributed by atoms with Crippen molar-refractivity contribution >= 4 is 11.8 Å². The zero-order chi connectivity index (χ0) is 15.3. The van der Waals surface area contributed by atoms with Crippen LogP contribution < -0.4 is 0 Å². The van der Waals surface area contributed by atoms with Crippen molar-refractivity contribution in [3.8, 4) is 0 Å². The molecule has 0 amide bonds. The summed E-state index contributed by atoms with van der Waals surface area (Å²) in [6.45, 7) is 6.71. The van der Waals surface area contributed by atoms with Gasteiger partial charge >= 0.3 is 0 Å². The predicted octanol–water partition coefficient (Wildman–Crippen LogP) is 4.92. The van der Waals surface area contributed by atoms with Gasteiger partial charge in [0.1, 0.15) is 5.44 Å². The van der Waals surface area contributed by atoms with Crippen LogP contribution >= 0.6 is 11.8 Å². The van der Waals surface area contributed by atoms with Crippen molar-refractivity contribution < 1.29 is 4.74 Å². The molecule has 1 aliphatic rings. The molecule has 1 aromatic carbocycles. The fourth-order valence-electron chi connectivity index (χ4n) is 2.19. The summed E-state index contributed by atoms with van der Waals surface area (Å²) in [5, 5.41) is 0. The van der Waals surface area contributed by atoms with Gasteiger partial charge in [-0.15, -0.1) is 11.8 Å². The van der Waals surface area contributed by atoms with Gasteiger partial charge in [-0.2, -0.15) is 0 Å². The minimum absolute atomic E-state index is 0.0826. The van der Waals surface area contributed by atoms with Gasteiger partial charge in [-0.25, -0.2) is 0 Å². The molecule has 0 bridgehead atoms. The van der Waals surface area contributed by atoms with E-state index in [0.29, 0.717) is 0 Å². The molecule has 1 aliphatic carbocycles. The molecular formula is C19H24OS. The van der Waals surface area contributed by atoms with Crippen LogP contribution in [0.25, 0.3) is 0 Å². The SMILES string of the molecule is COC(SCc1ccccc1)[C]1[CH][CH][C](C(C)(C)C)[CH][CH]1. The van der Waals surface area contributed by atoms with Gasteiger partial charge in [0.15, 0.2) is 0 Å². The largest absolute Gasteiger partial charge is 0.370 e. The molecule has 2 heteroatoms. The van der Waals surface area contributed by atoms with Crippen LogP contribution in [0.2, 0.25) is 0 Å². The van der Waals surface area contributed by atoms with Gasteiger partial charge in [0, 0.05) is 18.8 Å². The zero-order valence-electron chi connectivity index (χ0n) is 13.3. The Morgan fingerprint density at radius 1 is 1.00 bits per heavy atom. The Labute approximate surface area is 134 Å². The molecule has 0 saturated heterocycles. The third-order valence-electron chi connectivity index (χ3n) is 3.51. The van der Waals surface area contributed by atoms with E-state index in [4.69, 9.17) is 4.74 Å². The van der Waals surface area contributed by atoms with Gasteiger partial charge in [-0.1, -0.05) is 51.1 Å². The van der Waals surface area contributed by atoms with Crippen molar-refractivity contribution in [1.29, 1.82) is 0 Å². The first-order valence-electron chi connectivity index (χ1n) is 7.29. The first-order valence-corrected chi connectivity index (χ1v) is 8.34. The minimum Gasteiger partial charge on any atom is -0.370 e. The number of hydrogen-bond donors (Lipinski definition) is 0. The monoisotopic (exact) mass is 300 g/mol. The predicted molar refractivity (Wildman–Crippen MR) is 91.7 cm³/mol. The summed E-state index contributed by atoms with van der Waals surface area (Å²) in [4.78, 5) is 0. The molecule has 21 heavy (non-hydrogen) atoms. The summed E-state index contributed by atoms with van der Waals surface area (Å²) < 4.78 is 5.65. The zero-order valence-corrected chi connectivity index (χ0v) is 14.1. The van der Waals surface area contributed by atoms with Crippen LogP contribution in [-0.4, -0.2) is 12.5 Å². The number of hydrogen-bond acceptors (Lipinski definition) is 2. The number of thioether (sulfide) groups is 1. The third-order valence-corrected chi connectivity index (χ3v) is 4.77. The lowest BCUT2D eigenvalue weighted by Gasteiger charge is -2.37. The molecule has 1 atom stereocenters. The molecule has 1 fully saturated rings. The van der Waals surface area contributed by atoms with Crippen molar-refractivity contribution in [3.05, 3.63) is 73.4 Å². The van der Waals surface area contributed by atoms with Crippen LogP contribution in [0.1, 0.15) is 26.3 Å². The molecule has 112 valence electrons. The quantitative estimate of drug-likeness (QED) is 0.714. The summed E-state index contributed by atoms with van der Waals surface area (Å²) in [6, 6.07) is 10.5. The van der Waals surface area contributed by atoms with Crippen LogP contribution in [0.4, 0.5) is 0 Å². The maximum atomic E-state index is 5.65. The molecule has 0 spiro atoms. The van der Waals surface area contributed by atoms with Crippen molar-refractivity contribution in [2.24, 2.45) is 5.41 Å². The molecule has 2 rings (SSSR count). The average molecular weight is 300 g/mol. The summed E-state index contributed by atoms with van der Waals surface area (Å²) >= 11 is 1.82. The maximum absolute atomic E-state index is 5.65. The Hall–Kier alpha value is -0.470. The average Bonchev–Trinajstić information content (AvgIpc) is 2.48. The van der Waals surface area contributed by atoms with Crippen LogP contribution in [-0.2, 0) is 10.5 Å². The van der Waals surface area contributed by atoms with E-state index in [2.05, 4.69) is 70.7 Å². The summed E-state index contributed by atoms with van der Waals surface area (Å²) in [5.41, 5.74) is 1.60. The molecule has 0 heterocycles. The number of benzene rings is 1. The van der Waals surface area contributed by atoms with Crippen LogP contribution in [0.3, 0.4) is 0 Å². The van der Waals surface area contributed by atoms with Gasteiger partial charge < -0.3 is 4.74 Å². The summed E-state index contributed by atoms with van der Waals surface area (Å²) in [5.74, 6) is 3.54. The van der Waals surface area contributed by atoms with Crippen LogP contribution in [0, 0.1) is 42.9 Å². The van der Waals surface area contributed by atoms with Gasteiger partial charge in [0.05, 0.1) is 0 Å². The lowest BCUT2D eigenvalue weighted by molar-refractivity contribution is 0.186. The molecule has 6 radical (unpaired) electrons. The molecule has 1 unspecified atom stereocenters. The van der Waals surface area contributed by atoms with Gasteiger partial charge in [-0.05, 0) is 42.6 Å². The fourth-order valence-corrected chi connectivity index (χ4v) is 3.21. The van der Waals surface area contributed by atoms with Gasteiger partial charge in [0.2, 0.25) is 0 Å². The number of methoxy groups -OCH3 is 1. The van der Waals surface area contributed by atoms with Crippen molar-refractivity contribution in [2.45, 2.75) is 32.0 Å². The standard InChI is InChI=1S/C19H24OS/c1-19(2,3)17-12-10-16(11-13-17)18(20-4)21-14-15-8-6-5-7-9-15/h5-13,18H,14H2,1-4H3. The van der Waals surface area contributed by atoms with E-state index < -0.39 is 0 Å². The number of ether oxygens (including phenoxy) is 1. The van der Waals surface area contributed by atoms with E-state index in [-0.39, 0.29) is 10.9 Å². The highest BCUT2D eigenvalue weighted by atomic mass is 32.2. The Morgan fingerprint density at radius 3 is 2.14 bits per heavy atom. The van der Waals surface area contributed by atoms with E-state index in [1.54, 1.807) is 7.11 Å². The molecule has 1 nitrogen and oxygen atoms in total. The minimum atomic E-state index is 0.0826. The van der Waals surface area contributed by atoms with Crippen molar-refractivity contribution in [1.82, 2.24) is 0 Å². The molecule has 1 aromatic rings. The normalized spacial score (nSPS) is 19.6. The second-order valence-electron chi connectivity index (χ2n) is 6.24. The van der Waals surface area contributed by atoms with E-state index in [1.165, 1.54) is 17.4 Å². The van der Waals surface area contributed by atoms with Crippen LogP contribution in [0.15, 0.2) is 30.3 Å². The smallest absolute Gasteiger partial charge is 0.110 e. The Balaban J connectivity index is 1.82. The Bertz CT molecular complexity index is 401. The maximum Gasteiger partial charge on any atom is 0.110 e. The highest BCUT2D eigenvalue weighted by Gasteiger charge is 2.34. The first-order chi connectivity index (χ1) is 10.0. The molecular weight excluding hydrogens is 276 g/mol. The first kappa shape index (κ1) is 16.9. The molecule has 0 aliphatic heterocycles. The second kappa shape index (κ2) is 7.69. The Kier molecular flexibility index (Phi) is 6.19. The summed E-state index contributed by atoms with van der Waals surface area (Å²) in [7, 11) is 1.78. The highest BCUT2D eigenvalue weighted by molar-refractivity contribution is 7.99. The lowest BCUT2D eigenvalue weighted by Crippen LogP contribution is -2.29. The third kappa shape index (κ3) is 5.03. The van der Waals surface area contributed by atoms with Gasteiger partial charge in [0.25, 0.3) is 0 Å². The molecule has 1 saturated carbocycles. The van der Waals surface area contributed by atoms with E-state index in [9.17, 15) is 0 Å². The second-order valence-corrected chi connectivity index (χ2v) is 7.29. The van der Waals surface area contributed by atoms with E-state index >= 15 is 0 Å². The van der Waals surface area contributed by atoms with Crippen molar-refractivity contribution in [3.63, 3.8) is 0 Å². The summed E-state index contributed by atoms with van der Waals surface area (Å²) in [6.07, 6.45) is 8.80. The lowest BCUT2D eigenvalue weighted by atomic mass is 9.70. The molecule has 0 N–H and O–H groups in total. The topological polar surface area (TPSA) is 9.23 Å². The van der Waals surface area contributed by atoms with Gasteiger partial charge in [-0.3, -0.25) is 0 Å². The van der Waals surface area contributed by atoms with Crippen LogP contribution in [0.5, 0.6) is 0 Å². The molecule has 0 aromatic heterocycles.